The second kappa shape index (κ2) is 6.05. The van der Waals surface area contributed by atoms with Crippen LogP contribution in [0, 0.1) is 6.92 Å². The first-order valence-electron chi connectivity index (χ1n) is 6.91. The van der Waals surface area contributed by atoms with Crippen molar-refractivity contribution in [3.63, 3.8) is 0 Å². The van der Waals surface area contributed by atoms with E-state index < -0.39 is 0 Å². The summed E-state index contributed by atoms with van der Waals surface area (Å²) in [6, 6.07) is 6.06. The summed E-state index contributed by atoms with van der Waals surface area (Å²) in [6.45, 7) is 5.55. The second-order valence-electron chi connectivity index (χ2n) is 4.69. The van der Waals surface area contributed by atoms with Gasteiger partial charge in [-0.15, -0.1) is 11.3 Å². The Bertz CT molecular complexity index is 753. The van der Waals surface area contributed by atoms with Gasteiger partial charge in [0.25, 0.3) is 0 Å². The number of fused-ring (bicyclic) bond motifs is 1. The van der Waals surface area contributed by atoms with E-state index in [0.717, 1.165) is 28.3 Å². The Morgan fingerprint density at radius 2 is 2.10 bits per heavy atom. The molecule has 0 saturated carbocycles. The van der Waals surface area contributed by atoms with E-state index in [4.69, 9.17) is 0 Å². The second-order valence-corrected chi connectivity index (χ2v) is 5.58. The predicted octanol–water partition coefficient (Wildman–Crippen LogP) is 3.44. The minimum Gasteiger partial charge on any atom is -0.364 e. The van der Waals surface area contributed by atoms with E-state index in [1.165, 1.54) is 5.56 Å². The third-order valence-corrected chi connectivity index (χ3v) is 4.01. The van der Waals surface area contributed by atoms with Gasteiger partial charge in [-0.3, -0.25) is 4.98 Å². The van der Waals surface area contributed by atoms with Crippen LogP contribution in [-0.2, 0) is 6.54 Å². The smallest absolute Gasteiger partial charge is 0.226 e. The maximum absolute atomic E-state index is 4.55. The van der Waals surface area contributed by atoms with Gasteiger partial charge in [0.05, 0.1) is 17.6 Å². The first-order valence-corrected chi connectivity index (χ1v) is 7.79. The van der Waals surface area contributed by atoms with E-state index >= 15 is 0 Å². The van der Waals surface area contributed by atoms with Crippen molar-refractivity contribution in [2.45, 2.75) is 20.4 Å². The number of anilines is 2. The Balaban J connectivity index is 1.89. The summed E-state index contributed by atoms with van der Waals surface area (Å²) in [7, 11) is 0. The fraction of sp³-hybridized carbons (Fsp3) is 0.267. The highest BCUT2D eigenvalue weighted by atomic mass is 32.1. The molecule has 0 unspecified atom stereocenters. The molecule has 21 heavy (non-hydrogen) atoms. The van der Waals surface area contributed by atoms with E-state index in [-0.39, 0.29) is 0 Å². The normalized spacial score (nSPS) is 10.8. The molecule has 108 valence electrons. The zero-order chi connectivity index (χ0) is 14.7. The summed E-state index contributed by atoms with van der Waals surface area (Å²) in [6.07, 6.45) is 1.81. The summed E-state index contributed by atoms with van der Waals surface area (Å²) in [5.41, 5.74) is 2.21. The van der Waals surface area contributed by atoms with Crippen molar-refractivity contribution in [1.29, 1.82) is 0 Å². The SMILES string of the molecule is CCNc1nc(NCc2ncccc2C)c2ccsc2n1. The largest absolute Gasteiger partial charge is 0.364 e. The van der Waals surface area contributed by atoms with E-state index in [1.54, 1.807) is 11.3 Å². The minimum absolute atomic E-state index is 0.653. The number of nitrogens with one attached hydrogen (secondary N) is 2. The van der Waals surface area contributed by atoms with Gasteiger partial charge in [0.15, 0.2) is 0 Å². The van der Waals surface area contributed by atoms with Crippen LogP contribution in [0.4, 0.5) is 11.8 Å². The van der Waals surface area contributed by atoms with E-state index in [9.17, 15) is 0 Å². The summed E-state index contributed by atoms with van der Waals surface area (Å²) < 4.78 is 0. The predicted molar refractivity (Wildman–Crippen MR) is 87.9 cm³/mol. The maximum atomic E-state index is 4.55. The van der Waals surface area contributed by atoms with Crippen molar-refractivity contribution in [1.82, 2.24) is 15.0 Å². The molecular formula is C15H17N5S. The number of aryl methyl sites for hydroxylation is 1. The Morgan fingerprint density at radius 1 is 1.19 bits per heavy atom. The molecule has 6 heteroatoms. The number of pyridine rings is 1. The van der Waals surface area contributed by atoms with E-state index in [2.05, 4.69) is 38.6 Å². The first-order chi connectivity index (χ1) is 10.3. The average molecular weight is 299 g/mol. The molecule has 0 fully saturated rings. The van der Waals surface area contributed by atoms with Gasteiger partial charge in [-0.25, -0.2) is 4.98 Å². The highest BCUT2D eigenvalue weighted by Gasteiger charge is 2.09. The molecule has 0 aliphatic heterocycles. The quantitative estimate of drug-likeness (QED) is 0.755. The molecule has 0 aromatic carbocycles. The lowest BCUT2D eigenvalue weighted by Gasteiger charge is -2.10. The summed E-state index contributed by atoms with van der Waals surface area (Å²) in [5, 5.41) is 9.64. The monoisotopic (exact) mass is 299 g/mol. The van der Waals surface area contributed by atoms with Crippen LogP contribution in [0.2, 0.25) is 0 Å². The molecule has 3 aromatic rings. The van der Waals surface area contributed by atoms with Gasteiger partial charge in [-0.05, 0) is 36.9 Å². The molecule has 0 amide bonds. The lowest BCUT2D eigenvalue weighted by molar-refractivity contribution is 1.00. The molecule has 5 nitrogen and oxygen atoms in total. The highest BCUT2D eigenvalue weighted by molar-refractivity contribution is 7.16. The fourth-order valence-corrected chi connectivity index (χ4v) is 2.86. The Morgan fingerprint density at radius 3 is 2.90 bits per heavy atom. The van der Waals surface area contributed by atoms with Crippen LogP contribution in [0.25, 0.3) is 10.2 Å². The zero-order valence-corrected chi connectivity index (χ0v) is 12.9. The molecule has 0 spiro atoms. The molecule has 0 atom stereocenters. The minimum atomic E-state index is 0.653. The fourth-order valence-electron chi connectivity index (χ4n) is 2.10. The molecule has 2 N–H and O–H groups in total. The molecule has 3 heterocycles. The third-order valence-electron chi connectivity index (χ3n) is 3.20. The molecule has 0 aliphatic carbocycles. The zero-order valence-electron chi connectivity index (χ0n) is 12.1. The Hall–Kier alpha value is -2.21. The van der Waals surface area contributed by atoms with Crippen molar-refractivity contribution in [2.24, 2.45) is 0 Å². The lowest BCUT2D eigenvalue weighted by atomic mass is 10.2. The number of rotatable bonds is 5. The highest BCUT2D eigenvalue weighted by Crippen LogP contribution is 2.26. The van der Waals surface area contributed by atoms with Crippen molar-refractivity contribution in [2.75, 3.05) is 17.2 Å². The molecule has 0 bridgehead atoms. The van der Waals surface area contributed by atoms with Crippen LogP contribution in [0.5, 0.6) is 0 Å². The summed E-state index contributed by atoms with van der Waals surface area (Å²) in [5.74, 6) is 1.51. The maximum Gasteiger partial charge on any atom is 0.226 e. The molecular weight excluding hydrogens is 282 g/mol. The molecule has 0 aliphatic rings. The van der Waals surface area contributed by atoms with Gasteiger partial charge in [-0.1, -0.05) is 6.07 Å². The van der Waals surface area contributed by atoms with E-state index in [0.29, 0.717) is 12.5 Å². The number of hydrogen-bond acceptors (Lipinski definition) is 6. The van der Waals surface area contributed by atoms with Crippen molar-refractivity contribution in [3.05, 3.63) is 41.0 Å². The molecule has 3 aromatic heterocycles. The summed E-state index contributed by atoms with van der Waals surface area (Å²) >= 11 is 1.62. The number of aromatic nitrogens is 3. The molecule has 3 rings (SSSR count). The average Bonchev–Trinajstić information content (AvgIpc) is 2.95. The van der Waals surface area contributed by atoms with Gasteiger partial charge in [0.1, 0.15) is 10.6 Å². The van der Waals surface area contributed by atoms with Crippen LogP contribution in [-0.4, -0.2) is 21.5 Å². The van der Waals surface area contributed by atoms with Crippen LogP contribution >= 0.6 is 11.3 Å². The van der Waals surface area contributed by atoms with Crippen molar-refractivity contribution >= 4 is 33.3 Å². The third kappa shape index (κ3) is 2.95. The number of nitrogens with zero attached hydrogens (tertiary/aromatic N) is 3. The van der Waals surface area contributed by atoms with Crippen molar-refractivity contribution in [3.8, 4) is 0 Å². The van der Waals surface area contributed by atoms with Crippen LogP contribution < -0.4 is 10.6 Å². The van der Waals surface area contributed by atoms with Crippen LogP contribution in [0.1, 0.15) is 18.2 Å². The van der Waals surface area contributed by atoms with Gasteiger partial charge in [-0.2, -0.15) is 4.98 Å². The van der Waals surface area contributed by atoms with Crippen molar-refractivity contribution < 1.29 is 0 Å². The lowest BCUT2D eigenvalue weighted by Crippen LogP contribution is -2.08. The molecule has 0 radical (unpaired) electrons. The topological polar surface area (TPSA) is 62.7 Å². The summed E-state index contributed by atoms with van der Waals surface area (Å²) in [4.78, 5) is 14.4. The molecule has 0 saturated heterocycles. The van der Waals surface area contributed by atoms with Crippen LogP contribution in [0.15, 0.2) is 29.8 Å². The van der Waals surface area contributed by atoms with Gasteiger partial charge >= 0.3 is 0 Å². The van der Waals surface area contributed by atoms with Crippen LogP contribution in [0.3, 0.4) is 0 Å². The van der Waals surface area contributed by atoms with Gasteiger partial charge in [0, 0.05) is 12.7 Å². The van der Waals surface area contributed by atoms with Gasteiger partial charge in [0.2, 0.25) is 5.95 Å². The number of thiophene rings is 1. The first kappa shape index (κ1) is 13.8. The van der Waals surface area contributed by atoms with Gasteiger partial charge < -0.3 is 10.6 Å². The standard InChI is InChI=1S/C15H17N5S/c1-3-16-15-19-13(11-6-8-21-14(11)20-15)18-9-12-10(2)5-4-7-17-12/h4-8H,3,9H2,1-2H3,(H2,16,18,19,20). The Labute approximate surface area is 127 Å². The van der Waals surface area contributed by atoms with E-state index in [1.807, 2.05) is 30.6 Å². The Kier molecular flexibility index (Phi) is 3.96. The number of hydrogen-bond donors (Lipinski definition) is 2.